The van der Waals surface area contributed by atoms with Gasteiger partial charge in [0.15, 0.2) is 0 Å². The number of imide groups is 1. The van der Waals surface area contributed by atoms with Crippen LogP contribution in [0.15, 0.2) is 60.7 Å². The predicted molar refractivity (Wildman–Crippen MR) is 87.9 cm³/mol. The van der Waals surface area contributed by atoms with E-state index in [2.05, 4.69) is 0 Å². The van der Waals surface area contributed by atoms with Gasteiger partial charge in [-0.2, -0.15) is 13.2 Å². The molecule has 7 heteroatoms. The molecule has 0 unspecified atom stereocenters. The molecule has 1 aliphatic rings. The Morgan fingerprint density at radius 1 is 1.08 bits per heavy atom. The monoisotopic (exact) mass is 361 g/mol. The Labute approximate surface area is 147 Å². The molecule has 1 fully saturated rings. The topological polar surface area (TPSA) is 46.6 Å². The van der Waals surface area contributed by atoms with Gasteiger partial charge in [0.1, 0.15) is 6.10 Å². The van der Waals surface area contributed by atoms with Gasteiger partial charge in [0, 0.05) is 6.08 Å². The van der Waals surface area contributed by atoms with Crippen LogP contribution in [0.25, 0.3) is 6.08 Å². The van der Waals surface area contributed by atoms with E-state index in [9.17, 15) is 22.8 Å². The van der Waals surface area contributed by atoms with Crippen LogP contribution in [0.2, 0.25) is 0 Å². The molecule has 0 aliphatic carbocycles. The van der Waals surface area contributed by atoms with Crippen LogP contribution in [0.4, 0.5) is 18.0 Å². The fourth-order valence-electron chi connectivity index (χ4n) is 2.52. The summed E-state index contributed by atoms with van der Waals surface area (Å²) in [6.07, 6.45) is -3.21. The fraction of sp³-hybridized carbons (Fsp3) is 0.158. The first-order chi connectivity index (χ1) is 12.3. The molecular formula is C19H14F3NO3. The third kappa shape index (κ3) is 3.93. The second-order valence-electron chi connectivity index (χ2n) is 5.69. The summed E-state index contributed by atoms with van der Waals surface area (Å²) in [5, 5.41) is 0. The molecule has 2 aromatic rings. The highest BCUT2D eigenvalue weighted by Gasteiger charge is 2.35. The van der Waals surface area contributed by atoms with Crippen LogP contribution in [0.3, 0.4) is 0 Å². The van der Waals surface area contributed by atoms with Crippen molar-refractivity contribution in [2.45, 2.75) is 12.3 Å². The molecule has 2 aromatic carbocycles. The summed E-state index contributed by atoms with van der Waals surface area (Å²) in [6, 6.07) is 13.4. The number of rotatable bonds is 3. The minimum Gasteiger partial charge on any atom is -0.439 e. The highest BCUT2D eigenvalue weighted by atomic mass is 19.4. The minimum atomic E-state index is -4.41. The van der Waals surface area contributed by atoms with Gasteiger partial charge >= 0.3 is 12.3 Å². The summed E-state index contributed by atoms with van der Waals surface area (Å²) in [4.78, 5) is 25.0. The molecule has 4 nitrogen and oxygen atoms in total. The van der Waals surface area contributed by atoms with Crippen LogP contribution in [-0.2, 0) is 15.7 Å². The van der Waals surface area contributed by atoms with Gasteiger partial charge in [0.05, 0.1) is 12.1 Å². The number of amides is 2. The summed E-state index contributed by atoms with van der Waals surface area (Å²) in [7, 11) is 0. The van der Waals surface area contributed by atoms with Crippen LogP contribution in [0.1, 0.15) is 22.8 Å². The van der Waals surface area contributed by atoms with Crippen molar-refractivity contribution >= 4 is 18.1 Å². The number of benzene rings is 2. The lowest BCUT2D eigenvalue weighted by Crippen LogP contribution is -2.30. The quantitative estimate of drug-likeness (QED) is 0.760. The number of hydrogen-bond donors (Lipinski definition) is 0. The molecule has 0 bridgehead atoms. The van der Waals surface area contributed by atoms with Gasteiger partial charge in [-0.15, -0.1) is 0 Å². The number of alkyl halides is 3. The highest BCUT2D eigenvalue weighted by Crippen LogP contribution is 2.29. The molecule has 1 atom stereocenters. The summed E-state index contributed by atoms with van der Waals surface area (Å²) in [5.41, 5.74) is 0.427. The average Bonchev–Trinajstić information content (AvgIpc) is 3.02. The van der Waals surface area contributed by atoms with E-state index in [0.717, 1.165) is 28.7 Å². The van der Waals surface area contributed by atoms with E-state index in [1.807, 2.05) is 6.07 Å². The molecule has 1 saturated heterocycles. The Kier molecular flexibility index (Phi) is 4.79. The van der Waals surface area contributed by atoms with Crippen molar-refractivity contribution < 1.29 is 27.5 Å². The van der Waals surface area contributed by atoms with Crippen molar-refractivity contribution in [3.63, 3.8) is 0 Å². The Morgan fingerprint density at radius 2 is 1.73 bits per heavy atom. The maximum Gasteiger partial charge on any atom is 0.417 e. The number of hydrogen-bond acceptors (Lipinski definition) is 3. The largest absolute Gasteiger partial charge is 0.439 e. The van der Waals surface area contributed by atoms with Gasteiger partial charge in [-0.1, -0.05) is 42.5 Å². The van der Waals surface area contributed by atoms with Crippen LogP contribution in [0, 0.1) is 0 Å². The Balaban J connectivity index is 1.66. The minimum absolute atomic E-state index is 0.0824. The van der Waals surface area contributed by atoms with E-state index in [1.54, 1.807) is 24.3 Å². The maximum atomic E-state index is 12.5. The molecule has 0 spiro atoms. The Hall–Kier alpha value is -3.09. The molecule has 1 aliphatic heterocycles. The first-order valence-electron chi connectivity index (χ1n) is 7.77. The van der Waals surface area contributed by atoms with Gasteiger partial charge < -0.3 is 4.74 Å². The molecule has 0 aromatic heterocycles. The van der Waals surface area contributed by atoms with Crippen molar-refractivity contribution in [3.8, 4) is 0 Å². The maximum absolute atomic E-state index is 12.5. The van der Waals surface area contributed by atoms with Crippen molar-refractivity contribution in [1.29, 1.82) is 0 Å². The number of cyclic esters (lactones) is 1. The smallest absolute Gasteiger partial charge is 0.417 e. The van der Waals surface area contributed by atoms with E-state index in [0.29, 0.717) is 5.56 Å². The van der Waals surface area contributed by atoms with Gasteiger partial charge in [0.25, 0.3) is 5.91 Å². The first kappa shape index (κ1) is 17.7. The van der Waals surface area contributed by atoms with Crippen molar-refractivity contribution in [2.75, 3.05) is 6.54 Å². The molecule has 3 rings (SSSR count). The third-order valence-electron chi connectivity index (χ3n) is 3.91. The predicted octanol–water partition coefficient (Wildman–Crippen LogP) is 4.44. The van der Waals surface area contributed by atoms with E-state index in [1.165, 1.54) is 18.2 Å². The van der Waals surface area contributed by atoms with Crippen molar-refractivity contribution in [3.05, 3.63) is 77.4 Å². The SMILES string of the molecule is O=C(/C=C/c1ccc(C(F)(F)F)cc1)N1C[C@H](c2ccccc2)OC1=O. The van der Waals surface area contributed by atoms with Gasteiger partial charge in [-0.25, -0.2) is 9.69 Å². The van der Waals surface area contributed by atoms with Crippen LogP contribution in [-0.4, -0.2) is 23.4 Å². The van der Waals surface area contributed by atoms with E-state index in [-0.39, 0.29) is 6.54 Å². The van der Waals surface area contributed by atoms with Crippen molar-refractivity contribution in [1.82, 2.24) is 4.90 Å². The van der Waals surface area contributed by atoms with E-state index >= 15 is 0 Å². The number of halogens is 3. The third-order valence-corrected chi connectivity index (χ3v) is 3.91. The molecular weight excluding hydrogens is 347 g/mol. The number of ether oxygens (including phenoxy) is 1. The first-order valence-corrected chi connectivity index (χ1v) is 7.77. The standard InChI is InChI=1S/C19H14F3NO3/c20-19(21,22)15-9-6-13(7-10-15)8-11-17(24)23-12-16(26-18(23)25)14-4-2-1-3-5-14/h1-11,16H,12H2/b11-8+/t16-/m1/s1. The van der Waals surface area contributed by atoms with Gasteiger partial charge in [-0.05, 0) is 29.3 Å². The second kappa shape index (κ2) is 7.03. The summed E-state index contributed by atoms with van der Waals surface area (Å²) in [5.74, 6) is -0.590. The molecule has 0 saturated carbocycles. The molecule has 26 heavy (non-hydrogen) atoms. The normalized spacial score (nSPS) is 17.6. The zero-order chi connectivity index (χ0) is 18.7. The fourth-order valence-corrected chi connectivity index (χ4v) is 2.52. The lowest BCUT2D eigenvalue weighted by molar-refractivity contribution is -0.137. The molecule has 2 amide bonds. The summed E-state index contributed by atoms with van der Waals surface area (Å²) >= 11 is 0. The van der Waals surface area contributed by atoms with Gasteiger partial charge in [0.2, 0.25) is 0 Å². The molecule has 0 radical (unpaired) electrons. The average molecular weight is 361 g/mol. The van der Waals surface area contributed by atoms with Crippen molar-refractivity contribution in [2.24, 2.45) is 0 Å². The van der Waals surface area contributed by atoms with Crippen LogP contribution < -0.4 is 0 Å². The number of carbonyl (C=O) groups is 2. The Morgan fingerprint density at radius 3 is 2.35 bits per heavy atom. The number of nitrogens with zero attached hydrogens (tertiary/aromatic N) is 1. The molecule has 1 heterocycles. The summed E-state index contributed by atoms with van der Waals surface area (Å²) in [6.45, 7) is 0.0824. The molecule has 0 N–H and O–H groups in total. The van der Waals surface area contributed by atoms with E-state index in [4.69, 9.17) is 4.74 Å². The number of carbonyl (C=O) groups excluding carboxylic acids is 2. The Bertz CT molecular complexity index is 829. The molecule has 134 valence electrons. The van der Waals surface area contributed by atoms with Crippen LogP contribution >= 0.6 is 0 Å². The lowest BCUT2D eigenvalue weighted by atomic mass is 10.1. The zero-order valence-corrected chi connectivity index (χ0v) is 13.4. The van der Waals surface area contributed by atoms with Crippen LogP contribution in [0.5, 0.6) is 0 Å². The zero-order valence-electron chi connectivity index (χ0n) is 13.4. The second-order valence-corrected chi connectivity index (χ2v) is 5.69. The summed E-state index contributed by atoms with van der Waals surface area (Å²) < 4.78 is 42.8. The van der Waals surface area contributed by atoms with Gasteiger partial charge in [-0.3, -0.25) is 4.79 Å². The lowest BCUT2D eigenvalue weighted by Gasteiger charge is -2.08. The van der Waals surface area contributed by atoms with E-state index < -0.39 is 29.8 Å². The highest BCUT2D eigenvalue weighted by molar-refractivity contribution is 6.01.